The van der Waals surface area contributed by atoms with E-state index in [0.29, 0.717) is 6.17 Å². The van der Waals surface area contributed by atoms with Crippen LogP contribution in [0, 0.1) is 0 Å². The molecule has 23 heavy (non-hydrogen) atoms. The molecule has 0 aliphatic carbocycles. The molecule has 0 N–H and O–H groups in total. The first-order valence-corrected chi connectivity index (χ1v) is 10.2. The fourth-order valence-corrected chi connectivity index (χ4v) is 4.02. The van der Waals surface area contributed by atoms with E-state index in [4.69, 9.17) is 0 Å². The third-order valence-electron chi connectivity index (χ3n) is 5.81. The third kappa shape index (κ3) is 6.33. The fourth-order valence-electron chi connectivity index (χ4n) is 4.02. The van der Waals surface area contributed by atoms with E-state index in [1.165, 1.54) is 81.9 Å². The Hall–Kier alpha value is -0.760. The maximum Gasteiger partial charge on any atom is 0.168 e. The lowest BCUT2D eigenvalue weighted by Crippen LogP contribution is -2.52. The molecule has 1 aromatic heterocycles. The molecule has 1 heterocycles. The second kappa shape index (κ2) is 11.7. The molecule has 1 aromatic rings. The van der Waals surface area contributed by atoms with Crippen LogP contribution in [0.1, 0.15) is 91.6 Å². The molecule has 2 nitrogen and oxygen atoms in total. The first-order valence-electron chi connectivity index (χ1n) is 10.2. The summed E-state index contributed by atoms with van der Waals surface area (Å²) in [5.41, 5.74) is 0. The molecule has 1 atom stereocenters. The summed E-state index contributed by atoms with van der Waals surface area (Å²) in [7, 11) is 0. The van der Waals surface area contributed by atoms with E-state index in [9.17, 15) is 0 Å². The standard InChI is InChI=1S/C21H41N2/c1-5-9-10-11-12-13-14-15-18-21(22-19-16-17-20-22)23(6-2,7-3)8-4/h16-17,19-21H,5-15,18H2,1-4H3/q+1. The van der Waals surface area contributed by atoms with Crippen LogP contribution in [0.5, 0.6) is 0 Å². The smallest absolute Gasteiger partial charge is 0.168 e. The second-order valence-electron chi connectivity index (χ2n) is 7.04. The van der Waals surface area contributed by atoms with Crippen LogP contribution in [0.4, 0.5) is 0 Å². The summed E-state index contributed by atoms with van der Waals surface area (Å²) < 4.78 is 3.68. The summed E-state index contributed by atoms with van der Waals surface area (Å²) in [6.45, 7) is 13.1. The molecule has 1 unspecified atom stereocenters. The number of hydrogen-bond donors (Lipinski definition) is 0. The summed E-state index contributed by atoms with van der Waals surface area (Å²) in [6, 6.07) is 4.35. The number of aromatic nitrogens is 1. The Kier molecular flexibility index (Phi) is 10.3. The van der Waals surface area contributed by atoms with Crippen molar-refractivity contribution >= 4 is 0 Å². The summed E-state index contributed by atoms with van der Waals surface area (Å²) in [5.74, 6) is 0. The molecule has 0 amide bonds. The molecule has 0 aliphatic heterocycles. The normalized spacial score (nSPS) is 13.4. The molecule has 0 saturated heterocycles. The molecule has 0 spiro atoms. The Balaban J connectivity index is 2.46. The van der Waals surface area contributed by atoms with Gasteiger partial charge >= 0.3 is 0 Å². The highest BCUT2D eigenvalue weighted by Gasteiger charge is 2.32. The summed E-state index contributed by atoms with van der Waals surface area (Å²) >= 11 is 0. The lowest BCUT2D eigenvalue weighted by atomic mass is 10.1. The zero-order valence-electron chi connectivity index (χ0n) is 16.3. The van der Waals surface area contributed by atoms with Crippen molar-refractivity contribution in [3.05, 3.63) is 24.5 Å². The van der Waals surface area contributed by atoms with Gasteiger partial charge in [0.2, 0.25) is 0 Å². The molecule has 0 fully saturated rings. The minimum atomic E-state index is 0.616. The van der Waals surface area contributed by atoms with E-state index in [2.05, 4.69) is 56.8 Å². The van der Waals surface area contributed by atoms with Gasteiger partial charge in [0.15, 0.2) is 6.17 Å². The zero-order valence-corrected chi connectivity index (χ0v) is 16.3. The Morgan fingerprint density at radius 3 is 1.65 bits per heavy atom. The van der Waals surface area contributed by atoms with Crippen LogP contribution in [0.25, 0.3) is 0 Å². The molecule has 0 radical (unpaired) electrons. The summed E-state index contributed by atoms with van der Waals surface area (Å²) in [4.78, 5) is 0. The molecule has 0 aliphatic rings. The van der Waals surface area contributed by atoms with Crippen molar-refractivity contribution < 1.29 is 4.48 Å². The zero-order chi connectivity index (χ0) is 17.0. The van der Waals surface area contributed by atoms with Gasteiger partial charge in [-0.3, -0.25) is 0 Å². The lowest BCUT2D eigenvalue weighted by molar-refractivity contribution is -0.962. The van der Waals surface area contributed by atoms with E-state index in [1.54, 1.807) is 0 Å². The number of nitrogens with zero attached hydrogens (tertiary/aromatic N) is 2. The van der Waals surface area contributed by atoms with Crippen molar-refractivity contribution in [2.45, 2.75) is 91.6 Å². The van der Waals surface area contributed by atoms with Gasteiger partial charge in [0.25, 0.3) is 0 Å². The van der Waals surface area contributed by atoms with Crippen LogP contribution in [0.2, 0.25) is 0 Å². The van der Waals surface area contributed by atoms with Crippen molar-refractivity contribution in [3.8, 4) is 0 Å². The topological polar surface area (TPSA) is 4.93 Å². The predicted octanol–water partition coefficient (Wildman–Crippen LogP) is 6.39. The fraction of sp³-hybridized carbons (Fsp3) is 0.810. The van der Waals surface area contributed by atoms with Crippen molar-refractivity contribution in [1.82, 2.24) is 4.57 Å². The second-order valence-corrected chi connectivity index (χ2v) is 7.04. The molecule has 0 bridgehead atoms. The predicted molar refractivity (Wildman–Crippen MR) is 103 cm³/mol. The van der Waals surface area contributed by atoms with E-state index < -0.39 is 0 Å². The van der Waals surface area contributed by atoms with E-state index in [1.807, 2.05) is 0 Å². The highest BCUT2D eigenvalue weighted by atomic mass is 15.4. The quantitative estimate of drug-likeness (QED) is 0.276. The Labute approximate surface area is 145 Å². The molecular formula is C21H41N2+. The molecular weight excluding hydrogens is 280 g/mol. The van der Waals surface area contributed by atoms with Gasteiger partial charge in [-0.25, -0.2) is 0 Å². The van der Waals surface area contributed by atoms with Crippen molar-refractivity contribution in [3.63, 3.8) is 0 Å². The number of quaternary nitrogens is 1. The van der Waals surface area contributed by atoms with Crippen molar-refractivity contribution in [2.24, 2.45) is 0 Å². The summed E-state index contributed by atoms with van der Waals surface area (Å²) in [6.07, 6.45) is 17.7. The minimum Gasteiger partial charge on any atom is -0.305 e. The number of hydrogen-bond acceptors (Lipinski definition) is 0. The van der Waals surface area contributed by atoms with Gasteiger partial charge in [0.1, 0.15) is 0 Å². The van der Waals surface area contributed by atoms with Gasteiger partial charge in [0, 0.05) is 18.8 Å². The molecule has 134 valence electrons. The van der Waals surface area contributed by atoms with Gasteiger partial charge in [-0.1, -0.05) is 51.9 Å². The van der Waals surface area contributed by atoms with Gasteiger partial charge < -0.3 is 9.05 Å². The monoisotopic (exact) mass is 321 g/mol. The van der Waals surface area contributed by atoms with Crippen LogP contribution in [-0.2, 0) is 0 Å². The third-order valence-corrected chi connectivity index (χ3v) is 5.81. The SMILES string of the molecule is CCCCCCCCCCC(n1cccc1)[N+](CC)(CC)CC. The molecule has 2 heteroatoms. The first-order chi connectivity index (χ1) is 11.2. The Morgan fingerprint density at radius 2 is 1.17 bits per heavy atom. The van der Waals surface area contributed by atoms with Crippen LogP contribution < -0.4 is 0 Å². The molecule has 1 rings (SSSR count). The maximum absolute atomic E-state index is 2.47. The molecule has 0 saturated carbocycles. The van der Waals surface area contributed by atoms with Gasteiger partial charge in [-0.2, -0.15) is 0 Å². The molecule has 0 aromatic carbocycles. The minimum absolute atomic E-state index is 0.616. The van der Waals surface area contributed by atoms with E-state index >= 15 is 0 Å². The maximum atomic E-state index is 2.47. The van der Waals surface area contributed by atoms with Crippen LogP contribution in [0.3, 0.4) is 0 Å². The Morgan fingerprint density at radius 1 is 0.696 bits per heavy atom. The van der Waals surface area contributed by atoms with Crippen LogP contribution >= 0.6 is 0 Å². The lowest BCUT2D eigenvalue weighted by Gasteiger charge is -2.43. The number of rotatable bonds is 14. The van der Waals surface area contributed by atoms with Gasteiger partial charge in [-0.05, 0) is 39.3 Å². The largest absolute Gasteiger partial charge is 0.305 e. The van der Waals surface area contributed by atoms with E-state index in [0.717, 1.165) is 0 Å². The summed E-state index contributed by atoms with van der Waals surface area (Å²) in [5, 5.41) is 0. The number of unbranched alkanes of at least 4 members (excludes halogenated alkanes) is 7. The highest BCUT2D eigenvalue weighted by Crippen LogP contribution is 2.29. The first kappa shape index (κ1) is 20.3. The van der Waals surface area contributed by atoms with Gasteiger partial charge in [-0.15, -0.1) is 0 Å². The average Bonchev–Trinajstić information content (AvgIpc) is 3.11. The van der Waals surface area contributed by atoms with Crippen molar-refractivity contribution in [2.75, 3.05) is 19.6 Å². The highest BCUT2D eigenvalue weighted by molar-refractivity contribution is 4.91. The average molecular weight is 322 g/mol. The van der Waals surface area contributed by atoms with Gasteiger partial charge in [0.05, 0.1) is 19.6 Å². The van der Waals surface area contributed by atoms with E-state index in [-0.39, 0.29) is 0 Å². The van der Waals surface area contributed by atoms with Crippen LogP contribution in [0.15, 0.2) is 24.5 Å². The Bertz CT molecular complexity index is 357. The van der Waals surface area contributed by atoms with Crippen molar-refractivity contribution in [1.29, 1.82) is 0 Å². The van der Waals surface area contributed by atoms with Crippen LogP contribution in [-0.4, -0.2) is 28.7 Å².